The number of carbonyl (C=O) groups is 2. The van der Waals surface area contributed by atoms with E-state index in [9.17, 15) is 14.8 Å². The summed E-state index contributed by atoms with van der Waals surface area (Å²) in [5.41, 5.74) is 2.47. The van der Waals surface area contributed by atoms with Crippen LogP contribution in [-0.2, 0) is 11.2 Å². The molecule has 1 unspecified atom stereocenters. The average Bonchev–Trinajstić information content (AvgIpc) is 3.26. The van der Waals surface area contributed by atoms with Crippen LogP contribution in [-0.4, -0.2) is 38.6 Å². The first-order valence-corrected chi connectivity index (χ1v) is 9.67. The first kappa shape index (κ1) is 18.2. The highest BCUT2D eigenvalue weighted by Gasteiger charge is 2.50. The molecule has 2 N–H and O–H groups in total. The Morgan fingerprint density at radius 3 is 2.90 bits per heavy atom. The Kier molecular flexibility index (Phi) is 4.19. The Hall–Kier alpha value is -3.82. The molecule has 3 aromatic heterocycles. The monoisotopic (exact) mass is 405 g/mol. The fraction of sp³-hybridized carbons (Fsp3) is 0.300. The summed E-state index contributed by atoms with van der Waals surface area (Å²) in [5, 5.41) is 21.5. The highest BCUT2D eigenvalue weighted by Crippen LogP contribution is 2.57. The molecule has 2 aliphatic carbocycles. The number of pyridine rings is 1. The molecule has 3 aromatic rings. The largest absolute Gasteiger partial charge is 0.619 e. The summed E-state index contributed by atoms with van der Waals surface area (Å²) in [4.78, 5) is 34.0. The molecule has 10 heteroatoms. The van der Waals surface area contributed by atoms with Crippen LogP contribution in [0.5, 0.6) is 0 Å². The smallest absolute Gasteiger partial charge is 0.273 e. The van der Waals surface area contributed by atoms with Crippen molar-refractivity contribution in [2.45, 2.75) is 24.8 Å². The summed E-state index contributed by atoms with van der Waals surface area (Å²) < 4.78 is 2.24. The van der Waals surface area contributed by atoms with Crippen molar-refractivity contribution in [1.29, 1.82) is 0 Å². The van der Waals surface area contributed by atoms with E-state index in [-0.39, 0.29) is 11.6 Å². The summed E-state index contributed by atoms with van der Waals surface area (Å²) >= 11 is 0. The van der Waals surface area contributed by atoms with Crippen molar-refractivity contribution < 1.29 is 14.3 Å². The maximum atomic E-state index is 13.2. The van der Waals surface area contributed by atoms with E-state index in [1.807, 2.05) is 0 Å². The Bertz CT molecular complexity index is 1140. The third-order valence-electron chi connectivity index (χ3n) is 5.63. The number of likely N-dealkylation sites (N-methyl/N-ethyl adjacent to an activating group) is 1. The normalized spacial score (nSPS) is 19.5. The fourth-order valence-corrected chi connectivity index (χ4v) is 4.11. The van der Waals surface area contributed by atoms with E-state index in [2.05, 4.69) is 25.7 Å². The minimum Gasteiger partial charge on any atom is -0.619 e. The maximum absolute atomic E-state index is 13.2. The van der Waals surface area contributed by atoms with Crippen LogP contribution >= 0.6 is 0 Å². The van der Waals surface area contributed by atoms with Crippen LogP contribution in [0, 0.1) is 11.1 Å². The topological polar surface area (TPSA) is 129 Å². The number of nitrogens with one attached hydrogen (secondary N) is 2. The molecule has 0 spiro atoms. The number of amides is 2. The third-order valence-corrected chi connectivity index (χ3v) is 5.63. The molecule has 0 saturated heterocycles. The van der Waals surface area contributed by atoms with E-state index in [1.54, 1.807) is 29.1 Å². The first-order chi connectivity index (χ1) is 14.6. The van der Waals surface area contributed by atoms with Gasteiger partial charge in [0, 0.05) is 24.7 Å². The van der Waals surface area contributed by atoms with Gasteiger partial charge in [0.1, 0.15) is 0 Å². The summed E-state index contributed by atoms with van der Waals surface area (Å²) in [5.74, 6) is 0.337. The zero-order valence-electron chi connectivity index (χ0n) is 16.1. The number of hydrogen-bond donors (Lipinski definition) is 2. The minimum absolute atomic E-state index is 0.255. The van der Waals surface area contributed by atoms with Crippen molar-refractivity contribution in [2.75, 3.05) is 7.05 Å². The van der Waals surface area contributed by atoms with Gasteiger partial charge < -0.3 is 15.8 Å². The summed E-state index contributed by atoms with van der Waals surface area (Å²) in [6.45, 7) is 0. The molecular weight excluding hydrogens is 386 g/mol. The molecule has 3 heterocycles. The number of rotatable bonds is 5. The average molecular weight is 405 g/mol. The van der Waals surface area contributed by atoms with Crippen molar-refractivity contribution in [2.24, 2.45) is 5.92 Å². The lowest BCUT2D eigenvalue weighted by molar-refractivity contribution is -0.605. The Balaban J connectivity index is 1.51. The Labute approximate surface area is 171 Å². The van der Waals surface area contributed by atoms with Gasteiger partial charge in [0.05, 0.1) is 17.6 Å². The summed E-state index contributed by atoms with van der Waals surface area (Å²) in [7, 11) is 1.50. The molecule has 2 aliphatic rings. The molecule has 5 rings (SSSR count). The van der Waals surface area contributed by atoms with Crippen LogP contribution in [0.3, 0.4) is 0 Å². The molecule has 10 nitrogen and oxygen atoms in total. The Morgan fingerprint density at radius 2 is 2.17 bits per heavy atom. The van der Waals surface area contributed by atoms with Gasteiger partial charge in [0.15, 0.2) is 17.9 Å². The van der Waals surface area contributed by atoms with Crippen molar-refractivity contribution in [3.63, 3.8) is 0 Å². The van der Waals surface area contributed by atoms with E-state index < -0.39 is 11.9 Å². The van der Waals surface area contributed by atoms with Crippen LogP contribution in [0.1, 0.15) is 45.8 Å². The lowest BCUT2D eigenvalue weighted by Crippen LogP contribution is -2.40. The number of hydrogen-bond acceptors (Lipinski definition) is 6. The second-order valence-electron chi connectivity index (χ2n) is 7.48. The number of carbonyl (C=O) groups excluding carboxylic acids is 2. The van der Waals surface area contributed by atoms with Crippen LogP contribution in [0.2, 0.25) is 0 Å². The standard InChI is InChI=1S/C20H19N7O3/c1-21-19(28)17(14-4-2-3-5-22-14)24-20(29)16-13-9-11-8-12(11)18(13)27(25-16)15-10-26(30)7-6-23-15/h2-7,10-12,17H,8-9H2,1H3,(H,21,28)(H,24,29)/t11-,12-,17?/m0/s1. The molecule has 1 fully saturated rings. The van der Waals surface area contributed by atoms with E-state index >= 15 is 0 Å². The lowest BCUT2D eigenvalue weighted by Gasteiger charge is -2.16. The fourth-order valence-electron chi connectivity index (χ4n) is 4.11. The summed E-state index contributed by atoms with van der Waals surface area (Å²) in [6, 6.07) is 4.23. The summed E-state index contributed by atoms with van der Waals surface area (Å²) in [6.07, 6.45) is 7.38. The molecule has 0 bridgehead atoms. The van der Waals surface area contributed by atoms with Gasteiger partial charge in [0.25, 0.3) is 5.91 Å². The number of aromatic nitrogens is 5. The molecule has 1 saturated carbocycles. The van der Waals surface area contributed by atoms with Gasteiger partial charge in [-0.1, -0.05) is 6.07 Å². The van der Waals surface area contributed by atoms with Crippen molar-refractivity contribution >= 4 is 11.8 Å². The van der Waals surface area contributed by atoms with Crippen molar-refractivity contribution in [1.82, 2.24) is 30.4 Å². The van der Waals surface area contributed by atoms with Crippen LogP contribution in [0.4, 0.5) is 0 Å². The second-order valence-corrected chi connectivity index (χ2v) is 7.48. The van der Waals surface area contributed by atoms with Gasteiger partial charge in [-0.15, -0.1) is 0 Å². The van der Waals surface area contributed by atoms with Crippen LogP contribution in [0.25, 0.3) is 5.82 Å². The van der Waals surface area contributed by atoms with Gasteiger partial charge in [-0.3, -0.25) is 14.6 Å². The van der Waals surface area contributed by atoms with Crippen molar-refractivity contribution in [3.05, 3.63) is 70.8 Å². The van der Waals surface area contributed by atoms with E-state index in [4.69, 9.17) is 0 Å². The molecule has 3 atom stereocenters. The van der Waals surface area contributed by atoms with Crippen molar-refractivity contribution in [3.8, 4) is 5.82 Å². The SMILES string of the molecule is CNC(=O)C(NC(=O)c1nn(-c2c[n+]([O-])ccn2)c2c1C[C@@H]1C[C@H]21)c1ccccn1. The molecule has 0 aromatic carbocycles. The molecular formula is C20H19N7O3. The van der Waals surface area contributed by atoms with Gasteiger partial charge in [-0.05, 0) is 30.9 Å². The van der Waals surface area contributed by atoms with Gasteiger partial charge in [-0.2, -0.15) is 9.83 Å². The van der Waals surface area contributed by atoms with Gasteiger partial charge in [-0.25, -0.2) is 9.67 Å². The second kappa shape index (κ2) is 6.90. The molecule has 0 radical (unpaired) electrons. The van der Waals surface area contributed by atoms with Gasteiger partial charge >= 0.3 is 0 Å². The highest BCUT2D eigenvalue weighted by molar-refractivity contribution is 5.98. The molecule has 0 aliphatic heterocycles. The lowest BCUT2D eigenvalue weighted by atomic mass is 10.1. The number of nitrogens with zero attached hydrogens (tertiary/aromatic N) is 5. The molecule has 2 amide bonds. The zero-order valence-corrected chi connectivity index (χ0v) is 16.1. The molecule has 152 valence electrons. The zero-order chi connectivity index (χ0) is 20.8. The first-order valence-electron chi connectivity index (χ1n) is 9.67. The molecule has 30 heavy (non-hydrogen) atoms. The predicted molar refractivity (Wildman–Crippen MR) is 103 cm³/mol. The van der Waals surface area contributed by atoms with Crippen LogP contribution < -0.4 is 15.4 Å². The highest BCUT2D eigenvalue weighted by atomic mass is 16.5. The predicted octanol–water partition coefficient (Wildman–Crippen LogP) is 0.172. The van der Waals surface area contributed by atoms with Crippen LogP contribution in [0.15, 0.2) is 43.0 Å². The third kappa shape index (κ3) is 2.97. The van der Waals surface area contributed by atoms with E-state index in [1.165, 1.54) is 25.6 Å². The van der Waals surface area contributed by atoms with E-state index in [0.29, 0.717) is 28.1 Å². The minimum atomic E-state index is -0.945. The Morgan fingerprint density at radius 1 is 1.30 bits per heavy atom. The maximum Gasteiger partial charge on any atom is 0.273 e. The van der Waals surface area contributed by atoms with Gasteiger partial charge in [0.2, 0.25) is 17.9 Å². The quantitative estimate of drug-likeness (QED) is 0.460. The number of fused-ring (bicyclic) bond motifs is 3. The van der Waals surface area contributed by atoms with E-state index in [0.717, 1.165) is 24.1 Å².